The Bertz CT molecular complexity index is 999. The molecule has 0 saturated carbocycles. The van der Waals surface area contributed by atoms with Crippen molar-refractivity contribution in [2.24, 2.45) is 0 Å². The van der Waals surface area contributed by atoms with Crippen molar-refractivity contribution in [3.05, 3.63) is 81.1 Å². The summed E-state index contributed by atoms with van der Waals surface area (Å²) in [7, 11) is 0. The van der Waals surface area contributed by atoms with Crippen LogP contribution in [0.15, 0.2) is 48.7 Å². The molecule has 0 unspecified atom stereocenters. The number of halogens is 2. The van der Waals surface area contributed by atoms with Crippen molar-refractivity contribution in [3.8, 4) is 17.2 Å². The third-order valence-electron chi connectivity index (χ3n) is 4.05. The summed E-state index contributed by atoms with van der Waals surface area (Å²) in [5.41, 5.74) is 3.62. The van der Waals surface area contributed by atoms with E-state index in [1.165, 1.54) is 0 Å². The van der Waals surface area contributed by atoms with Gasteiger partial charge in [0.2, 0.25) is 0 Å². The van der Waals surface area contributed by atoms with Crippen LogP contribution in [0.1, 0.15) is 34.1 Å². The van der Waals surface area contributed by atoms with Gasteiger partial charge in [-0.15, -0.1) is 0 Å². The van der Waals surface area contributed by atoms with E-state index in [1.807, 2.05) is 6.92 Å². The average Bonchev–Trinajstić information content (AvgIpc) is 3.04. The molecule has 0 aliphatic carbocycles. The number of benzene rings is 2. The Hall–Kier alpha value is -2.54. The summed E-state index contributed by atoms with van der Waals surface area (Å²) < 4.78 is 0. The molecular weight excluding hydrogens is 355 g/mol. The number of nitrogens with zero attached hydrogens (tertiary/aromatic N) is 1. The standard InChI is InChI=1S/C20H14Cl2N2O/c1-2-18-19(12(10-23)11-24-18)14-8-7-13(21)9-16(14)20(25)15-5-3-4-6-17(15)22/h3-9,11,24H,2H2,1H3. The summed E-state index contributed by atoms with van der Waals surface area (Å²) >= 11 is 12.3. The Kier molecular flexibility index (Phi) is 4.94. The van der Waals surface area contributed by atoms with E-state index >= 15 is 0 Å². The van der Waals surface area contributed by atoms with E-state index in [9.17, 15) is 10.1 Å². The van der Waals surface area contributed by atoms with Gasteiger partial charge in [0.1, 0.15) is 6.07 Å². The van der Waals surface area contributed by atoms with Gasteiger partial charge in [-0.2, -0.15) is 5.26 Å². The van der Waals surface area contributed by atoms with Crippen molar-refractivity contribution in [1.82, 2.24) is 4.98 Å². The predicted octanol–water partition coefficient (Wildman–Crippen LogP) is 5.65. The molecule has 0 atom stereocenters. The SMILES string of the molecule is CCc1[nH]cc(C#N)c1-c1ccc(Cl)cc1C(=O)c1ccccc1Cl. The lowest BCUT2D eigenvalue weighted by molar-refractivity contribution is 0.103. The summed E-state index contributed by atoms with van der Waals surface area (Å²) in [4.78, 5) is 16.2. The van der Waals surface area contributed by atoms with Crippen LogP contribution in [0.5, 0.6) is 0 Å². The summed E-state index contributed by atoms with van der Waals surface area (Å²) in [5, 5.41) is 10.3. The minimum atomic E-state index is -0.227. The smallest absolute Gasteiger partial charge is 0.195 e. The maximum Gasteiger partial charge on any atom is 0.195 e. The van der Waals surface area contributed by atoms with Crippen molar-refractivity contribution < 1.29 is 4.79 Å². The van der Waals surface area contributed by atoms with E-state index in [1.54, 1.807) is 48.7 Å². The highest BCUT2D eigenvalue weighted by molar-refractivity contribution is 6.35. The molecule has 5 heteroatoms. The fourth-order valence-electron chi connectivity index (χ4n) is 2.85. The molecule has 0 bridgehead atoms. The van der Waals surface area contributed by atoms with Crippen molar-refractivity contribution in [2.75, 3.05) is 0 Å². The van der Waals surface area contributed by atoms with E-state index in [0.717, 1.165) is 11.3 Å². The van der Waals surface area contributed by atoms with Crippen molar-refractivity contribution in [1.29, 1.82) is 5.26 Å². The maximum atomic E-state index is 13.1. The maximum absolute atomic E-state index is 13.1. The summed E-state index contributed by atoms with van der Waals surface area (Å²) in [6.45, 7) is 1.99. The van der Waals surface area contributed by atoms with Crippen LogP contribution in [0.25, 0.3) is 11.1 Å². The van der Waals surface area contributed by atoms with Crippen LogP contribution in [-0.2, 0) is 6.42 Å². The van der Waals surface area contributed by atoms with E-state index < -0.39 is 0 Å². The van der Waals surface area contributed by atoms with Crippen LogP contribution >= 0.6 is 23.2 Å². The largest absolute Gasteiger partial charge is 0.363 e. The Balaban J connectivity index is 2.25. The second-order valence-corrected chi connectivity index (χ2v) is 6.36. The number of ketones is 1. The van der Waals surface area contributed by atoms with Gasteiger partial charge in [-0.1, -0.05) is 48.3 Å². The van der Waals surface area contributed by atoms with Crippen molar-refractivity contribution in [2.45, 2.75) is 13.3 Å². The van der Waals surface area contributed by atoms with Crippen LogP contribution in [0, 0.1) is 11.3 Å². The third kappa shape index (κ3) is 3.19. The fraction of sp³-hybridized carbons (Fsp3) is 0.100. The first-order valence-corrected chi connectivity index (χ1v) is 8.52. The number of aromatic amines is 1. The summed E-state index contributed by atoms with van der Waals surface area (Å²) in [5.74, 6) is -0.227. The second kappa shape index (κ2) is 7.14. The first kappa shape index (κ1) is 17.3. The molecule has 0 fully saturated rings. The first-order valence-electron chi connectivity index (χ1n) is 7.76. The number of hydrogen-bond acceptors (Lipinski definition) is 2. The Labute approximate surface area is 155 Å². The highest BCUT2D eigenvalue weighted by atomic mass is 35.5. The monoisotopic (exact) mass is 368 g/mol. The zero-order chi connectivity index (χ0) is 18.0. The highest BCUT2D eigenvalue weighted by Gasteiger charge is 2.21. The number of nitriles is 1. The average molecular weight is 369 g/mol. The number of H-pyrrole nitrogens is 1. The van der Waals surface area contributed by atoms with Crippen LogP contribution in [0.3, 0.4) is 0 Å². The fourth-order valence-corrected chi connectivity index (χ4v) is 3.25. The number of carbonyl (C=O) groups excluding carboxylic acids is 1. The molecule has 2 aromatic carbocycles. The van der Waals surface area contributed by atoms with Gasteiger partial charge in [-0.05, 0) is 36.2 Å². The van der Waals surface area contributed by atoms with Crippen LogP contribution in [-0.4, -0.2) is 10.8 Å². The molecule has 1 heterocycles. The Morgan fingerprint density at radius 2 is 1.92 bits per heavy atom. The molecule has 3 nitrogen and oxygen atoms in total. The van der Waals surface area contributed by atoms with Crippen molar-refractivity contribution >= 4 is 29.0 Å². The lowest BCUT2D eigenvalue weighted by atomic mass is 9.91. The van der Waals surface area contributed by atoms with Crippen LogP contribution in [0.4, 0.5) is 0 Å². The number of rotatable bonds is 4. The molecule has 3 rings (SSSR count). The lowest BCUT2D eigenvalue weighted by Gasteiger charge is -2.12. The molecule has 0 aliphatic rings. The van der Waals surface area contributed by atoms with Gasteiger partial charge < -0.3 is 4.98 Å². The molecule has 0 aliphatic heterocycles. The lowest BCUT2D eigenvalue weighted by Crippen LogP contribution is -2.05. The molecule has 25 heavy (non-hydrogen) atoms. The van der Waals surface area contributed by atoms with Gasteiger partial charge in [0.15, 0.2) is 5.78 Å². The molecule has 1 aromatic heterocycles. The van der Waals surface area contributed by atoms with Gasteiger partial charge in [0, 0.05) is 33.6 Å². The Morgan fingerprint density at radius 3 is 2.60 bits per heavy atom. The molecular formula is C20H14Cl2N2O. The highest BCUT2D eigenvalue weighted by Crippen LogP contribution is 2.34. The molecule has 0 spiro atoms. The van der Waals surface area contributed by atoms with Gasteiger partial charge in [0.05, 0.1) is 10.6 Å². The number of aryl methyl sites for hydroxylation is 1. The van der Waals surface area contributed by atoms with Crippen LogP contribution < -0.4 is 0 Å². The number of nitrogens with one attached hydrogen (secondary N) is 1. The first-order chi connectivity index (χ1) is 12.1. The van der Waals surface area contributed by atoms with E-state index in [4.69, 9.17) is 23.2 Å². The molecule has 0 saturated heterocycles. The van der Waals surface area contributed by atoms with Gasteiger partial charge in [0.25, 0.3) is 0 Å². The van der Waals surface area contributed by atoms with Crippen LogP contribution in [0.2, 0.25) is 10.0 Å². The molecule has 124 valence electrons. The number of carbonyl (C=O) groups is 1. The molecule has 3 aromatic rings. The zero-order valence-corrected chi connectivity index (χ0v) is 14.9. The normalized spacial score (nSPS) is 10.5. The van der Waals surface area contributed by atoms with Gasteiger partial charge >= 0.3 is 0 Å². The summed E-state index contributed by atoms with van der Waals surface area (Å²) in [6, 6.07) is 14.2. The zero-order valence-electron chi connectivity index (χ0n) is 13.4. The minimum absolute atomic E-state index is 0.227. The molecule has 0 radical (unpaired) electrons. The number of aromatic nitrogens is 1. The minimum Gasteiger partial charge on any atom is -0.363 e. The predicted molar refractivity (Wildman–Crippen MR) is 100 cm³/mol. The van der Waals surface area contributed by atoms with E-state index in [0.29, 0.717) is 38.7 Å². The number of hydrogen-bond donors (Lipinski definition) is 1. The van der Waals surface area contributed by atoms with Gasteiger partial charge in [-0.25, -0.2) is 0 Å². The molecule has 1 N–H and O–H groups in total. The summed E-state index contributed by atoms with van der Waals surface area (Å²) in [6.07, 6.45) is 2.37. The van der Waals surface area contributed by atoms with Gasteiger partial charge in [-0.3, -0.25) is 4.79 Å². The second-order valence-electron chi connectivity index (χ2n) is 5.52. The van der Waals surface area contributed by atoms with E-state index in [-0.39, 0.29) is 5.78 Å². The Morgan fingerprint density at radius 1 is 1.16 bits per heavy atom. The van der Waals surface area contributed by atoms with Crippen molar-refractivity contribution in [3.63, 3.8) is 0 Å². The third-order valence-corrected chi connectivity index (χ3v) is 4.61. The topological polar surface area (TPSA) is 56.6 Å². The van der Waals surface area contributed by atoms with E-state index in [2.05, 4.69) is 11.1 Å². The quantitative estimate of drug-likeness (QED) is 0.604. The molecule has 0 amide bonds.